The van der Waals surface area contributed by atoms with Gasteiger partial charge in [0.15, 0.2) is 12.4 Å². The third-order valence-electron chi connectivity index (χ3n) is 4.39. The van der Waals surface area contributed by atoms with Crippen LogP contribution in [0.5, 0.6) is 5.75 Å². The van der Waals surface area contributed by atoms with E-state index in [2.05, 4.69) is 5.32 Å². The second-order valence-corrected chi connectivity index (χ2v) is 6.02. The maximum Gasteiger partial charge on any atom is 0.296 e. The van der Waals surface area contributed by atoms with Gasteiger partial charge in [-0.05, 0) is 25.8 Å². The number of ether oxygens (including phenoxy) is 1. The maximum absolute atomic E-state index is 11.5. The molecular formula is C15H19N3O5. The molecule has 0 radical (unpaired) electrons. The minimum atomic E-state index is -0.461. The van der Waals surface area contributed by atoms with Crippen LogP contribution in [0, 0.1) is 16.0 Å². The van der Waals surface area contributed by atoms with Gasteiger partial charge < -0.3 is 20.1 Å². The first-order valence-corrected chi connectivity index (χ1v) is 7.64. The van der Waals surface area contributed by atoms with Crippen molar-refractivity contribution >= 4 is 23.0 Å². The minimum absolute atomic E-state index is 0.0499. The molecule has 2 unspecified atom stereocenters. The lowest BCUT2D eigenvalue weighted by atomic mass is 9.93. The lowest BCUT2D eigenvalue weighted by Crippen LogP contribution is -2.40. The second kappa shape index (κ2) is 6.04. The van der Waals surface area contributed by atoms with Crippen molar-refractivity contribution < 1.29 is 19.6 Å². The molecule has 2 N–H and O–H groups in total. The van der Waals surface area contributed by atoms with Gasteiger partial charge in [0.05, 0.1) is 22.8 Å². The Morgan fingerprint density at radius 1 is 1.52 bits per heavy atom. The smallest absolute Gasteiger partial charge is 0.296 e. The molecule has 124 valence electrons. The molecule has 0 aliphatic carbocycles. The molecule has 8 heteroatoms. The van der Waals surface area contributed by atoms with Crippen molar-refractivity contribution in [2.45, 2.75) is 25.9 Å². The zero-order chi connectivity index (χ0) is 16.6. The number of carbonyl (C=O) groups is 1. The average Bonchev–Trinajstić information content (AvgIpc) is 2.53. The molecular weight excluding hydrogens is 302 g/mol. The number of aliphatic hydroxyl groups excluding tert-OH is 1. The number of hydrogen-bond acceptors (Lipinski definition) is 6. The summed E-state index contributed by atoms with van der Waals surface area (Å²) in [6, 6.07) is 2.95. The number of fused-ring (bicyclic) bond motifs is 1. The highest BCUT2D eigenvalue weighted by Gasteiger charge is 2.30. The number of nitrogens with zero attached hydrogens (tertiary/aromatic N) is 2. The first kappa shape index (κ1) is 15.5. The number of aliphatic hydroxyl groups is 1. The number of carbonyl (C=O) groups excluding carboxylic acids is 1. The Kier molecular flexibility index (Phi) is 4.08. The first-order chi connectivity index (χ1) is 11.0. The van der Waals surface area contributed by atoms with Crippen LogP contribution < -0.4 is 15.0 Å². The van der Waals surface area contributed by atoms with Crippen LogP contribution in [0.4, 0.5) is 17.1 Å². The topological polar surface area (TPSA) is 105 Å². The summed E-state index contributed by atoms with van der Waals surface area (Å²) in [5.41, 5.74) is 0.845. The Morgan fingerprint density at radius 2 is 2.30 bits per heavy atom. The van der Waals surface area contributed by atoms with Crippen LogP contribution in [0.15, 0.2) is 12.1 Å². The Balaban J connectivity index is 1.98. The number of rotatable bonds is 3. The van der Waals surface area contributed by atoms with Crippen molar-refractivity contribution in [2.24, 2.45) is 5.92 Å². The fourth-order valence-corrected chi connectivity index (χ4v) is 3.13. The summed E-state index contributed by atoms with van der Waals surface area (Å²) in [5, 5.41) is 23.9. The molecule has 0 saturated carbocycles. The molecule has 1 saturated heterocycles. The van der Waals surface area contributed by atoms with E-state index in [0.717, 1.165) is 12.8 Å². The molecule has 1 fully saturated rings. The number of anilines is 2. The third-order valence-corrected chi connectivity index (χ3v) is 4.39. The Bertz CT molecular complexity index is 646. The van der Waals surface area contributed by atoms with E-state index < -0.39 is 11.0 Å². The molecule has 0 bridgehead atoms. The summed E-state index contributed by atoms with van der Waals surface area (Å²) < 4.78 is 5.25. The van der Waals surface area contributed by atoms with E-state index in [9.17, 15) is 20.0 Å². The summed E-state index contributed by atoms with van der Waals surface area (Å²) in [4.78, 5) is 24.3. The number of hydrogen-bond donors (Lipinski definition) is 2. The fourth-order valence-electron chi connectivity index (χ4n) is 3.13. The zero-order valence-electron chi connectivity index (χ0n) is 12.8. The molecule has 1 aromatic carbocycles. The van der Waals surface area contributed by atoms with Gasteiger partial charge in [-0.25, -0.2) is 0 Å². The van der Waals surface area contributed by atoms with Crippen molar-refractivity contribution in [1.29, 1.82) is 0 Å². The van der Waals surface area contributed by atoms with Gasteiger partial charge in [-0.1, -0.05) is 0 Å². The van der Waals surface area contributed by atoms with Crippen LogP contribution in [0.25, 0.3) is 0 Å². The van der Waals surface area contributed by atoms with Gasteiger partial charge >= 0.3 is 0 Å². The summed E-state index contributed by atoms with van der Waals surface area (Å²) in [6.07, 6.45) is 1.29. The predicted molar refractivity (Wildman–Crippen MR) is 83.8 cm³/mol. The maximum atomic E-state index is 11.5. The SMILES string of the molecule is CC(O)C1CCCN(c2cc3c(cc2[N+](=O)[O-])OCC(=O)N3)C1. The molecule has 1 aromatic rings. The van der Waals surface area contributed by atoms with Gasteiger partial charge in [-0.3, -0.25) is 14.9 Å². The highest BCUT2D eigenvalue weighted by molar-refractivity contribution is 5.97. The third kappa shape index (κ3) is 3.07. The number of nitro groups is 1. The lowest BCUT2D eigenvalue weighted by Gasteiger charge is -2.35. The molecule has 2 atom stereocenters. The summed E-state index contributed by atoms with van der Waals surface area (Å²) in [5.74, 6) is 0.104. The van der Waals surface area contributed by atoms with Crippen LogP contribution in [0.1, 0.15) is 19.8 Å². The second-order valence-electron chi connectivity index (χ2n) is 6.02. The first-order valence-electron chi connectivity index (χ1n) is 7.64. The number of piperidine rings is 1. The minimum Gasteiger partial charge on any atom is -0.481 e. The normalized spacial score (nSPS) is 21.9. The Hall–Kier alpha value is -2.35. The van der Waals surface area contributed by atoms with Gasteiger partial charge in [0.1, 0.15) is 5.69 Å². The van der Waals surface area contributed by atoms with Crippen molar-refractivity contribution in [2.75, 3.05) is 29.9 Å². The van der Waals surface area contributed by atoms with Gasteiger partial charge in [-0.15, -0.1) is 0 Å². The van der Waals surface area contributed by atoms with E-state index in [0.29, 0.717) is 30.2 Å². The summed E-state index contributed by atoms with van der Waals surface area (Å²) in [7, 11) is 0. The van der Waals surface area contributed by atoms with E-state index in [4.69, 9.17) is 4.74 Å². The molecule has 0 aromatic heterocycles. The summed E-state index contributed by atoms with van der Waals surface area (Å²) >= 11 is 0. The Morgan fingerprint density at radius 3 is 3.00 bits per heavy atom. The van der Waals surface area contributed by atoms with E-state index in [1.165, 1.54) is 6.07 Å². The molecule has 2 aliphatic heterocycles. The highest BCUT2D eigenvalue weighted by atomic mass is 16.6. The van der Waals surface area contributed by atoms with Crippen molar-refractivity contribution in [3.63, 3.8) is 0 Å². The van der Waals surface area contributed by atoms with Crippen LogP contribution in [-0.2, 0) is 4.79 Å². The van der Waals surface area contributed by atoms with E-state index in [-0.39, 0.29) is 24.1 Å². The van der Waals surface area contributed by atoms with Crippen LogP contribution in [0.2, 0.25) is 0 Å². The molecule has 2 aliphatic rings. The predicted octanol–water partition coefficient (Wildman–Crippen LogP) is 1.52. The average molecular weight is 321 g/mol. The fraction of sp³-hybridized carbons (Fsp3) is 0.533. The quantitative estimate of drug-likeness (QED) is 0.646. The Labute approximate surface area is 133 Å². The van der Waals surface area contributed by atoms with Crippen LogP contribution in [-0.4, -0.2) is 41.7 Å². The van der Waals surface area contributed by atoms with Crippen molar-refractivity contribution in [3.05, 3.63) is 22.2 Å². The van der Waals surface area contributed by atoms with E-state index in [1.807, 2.05) is 4.90 Å². The monoisotopic (exact) mass is 321 g/mol. The standard InChI is InChI=1S/C15H19N3O5/c1-9(19)10-3-2-4-17(7-10)12-5-11-14(6-13(12)18(21)22)23-8-15(20)16-11/h5-6,9-10,19H,2-4,7-8H2,1H3,(H,16,20). The zero-order valence-corrected chi connectivity index (χ0v) is 12.8. The molecule has 8 nitrogen and oxygen atoms in total. The van der Waals surface area contributed by atoms with Gasteiger partial charge in [-0.2, -0.15) is 0 Å². The van der Waals surface area contributed by atoms with Gasteiger partial charge in [0.25, 0.3) is 11.6 Å². The molecule has 3 rings (SSSR count). The van der Waals surface area contributed by atoms with Crippen LogP contribution >= 0.6 is 0 Å². The van der Waals surface area contributed by atoms with E-state index >= 15 is 0 Å². The number of benzene rings is 1. The van der Waals surface area contributed by atoms with Gasteiger partial charge in [0, 0.05) is 19.0 Å². The number of nitro benzene ring substituents is 1. The van der Waals surface area contributed by atoms with Crippen molar-refractivity contribution in [3.8, 4) is 5.75 Å². The van der Waals surface area contributed by atoms with Crippen LogP contribution in [0.3, 0.4) is 0 Å². The largest absolute Gasteiger partial charge is 0.481 e. The van der Waals surface area contributed by atoms with Crippen molar-refractivity contribution in [1.82, 2.24) is 0 Å². The summed E-state index contributed by atoms with van der Waals surface area (Å²) in [6.45, 7) is 2.82. The molecule has 2 heterocycles. The molecule has 0 spiro atoms. The lowest BCUT2D eigenvalue weighted by molar-refractivity contribution is -0.384. The highest BCUT2D eigenvalue weighted by Crippen LogP contribution is 2.41. The molecule has 1 amide bonds. The van der Waals surface area contributed by atoms with Gasteiger partial charge in [0.2, 0.25) is 0 Å². The number of amides is 1. The number of nitrogens with one attached hydrogen (secondary N) is 1. The van der Waals surface area contributed by atoms with E-state index in [1.54, 1.807) is 13.0 Å². The molecule has 23 heavy (non-hydrogen) atoms.